The molecule has 0 aliphatic heterocycles. The van der Waals surface area contributed by atoms with Gasteiger partial charge in [-0.15, -0.1) is 0 Å². The van der Waals surface area contributed by atoms with Gasteiger partial charge < -0.3 is 9.47 Å². The first-order chi connectivity index (χ1) is 15.7. The van der Waals surface area contributed by atoms with Gasteiger partial charge in [0.05, 0.1) is 25.3 Å². The summed E-state index contributed by atoms with van der Waals surface area (Å²) in [6, 6.07) is 25.5. The molecule has 0 spiro atoms. The minimum absolute atomic E-state index is 0.175. The Hall–Kier alpha value is -5.04. The molecule has 0 fully saturated rings. The Balaban J connectivity index is 2.16. The van der Waals surface area contributed by atoms with E-state index in [9.17, 15) is 10.5 Å². The summed E-state index contributed by atoms with van der Waals surface area (Å²) in [7, 11) is 0. The van der Waals surface area contributed by atoms with Crippen LogP contribution in [0.15, 0.2) is 72.8 Å². The molecule has 6 nitrogen and oxygen atoms in total. The van der Waals surface area contributed by atoms with Crippen LogP contribution in [-0.4, -0.2) is 0 Å². The van der Waals surface area contributed by atoms with Gasteiger partial charge in [0.1, 0.15) is 24.7 Å². The van der Waals surface area contributed by atoms with Gasteiger partial charge in [0, 0.05) is 10.4 Å². The fourth-order valence-electron chi connectivity index (χ4n) is 2.93. The largest absolute Gasteiger partial charge is 0.490 e. The maximum atomic E-state index is 9.46. The zero-order valence-electron chi connectivity index (χ0n) is 16.9. The van der Waals surface area contributed by atoms with E-state index >= 15 is 0 Å². The summed E-state index contributed by atoms with van der Waals surface area (Å²) in [5.41, 5.74) is 1.43. The van der Waals surface area contributed by atoms with E-state index in [-0.39, 0.29) is 46.5 Å². The fraction of sp³-hybridized carbons (Fsp3) is 0.0769. The summed E-state index contributed by atoms with van der Waals surface area (Å²) in [5, 5.41) is 19.4. The van der Waals surface area contributed by atoms with Crippen molar-refractivity contribution in [1.82, 2.24) is 0 Å². The summed E-state index contributed by atoms with van der Waals surface area (Å²) in [4.78, 5) is 6.61. The first-order valence-electron chi connectivity index (χ1n) is 9.51. The highest BCUT2D eigenvalue weighted by Gasteiger charge is 2.12. The van der Waals surface area contributed by atoms with Gasteiger partial charge in [-0.1, -0.05) is 60.7 Å². The van der Waals surface area contributed by atoms with Crippen molar-refractivity contribution < 1.29 is 9.47 Å². The summed E-state index contributed by atoms with van der Waals surface area (Å²) in [5.74, 6) is 0.444. The van der Waals surface area contributed by atoms with Crippen molar-refractivity contribution >= 4 is 11.4 Å². The van der Waals surface area contributed by atoms with Crippen LogP contribution in [0.1, 0.15) is 11.1 Å². The highest BCUT2D eigenvalue weighted by molar-refractivity contribution is 5.71. The Morgan fingerprint density at radius 3 is 1.38 bits per heavy atom. The van der Waals surface area contributed by atoms with E-state index in [2.05, 4.69) is 9.69 Å². The van der Waals surface area contributed by atoms with Crippen LogP contribution in [0.25, 0.3) is 21.1 Å². The third-order valence-corrected chi connectivity index (χ3v) is 4.50. The van der Waals surface area contributed by atoms with Crippen LogP contribution in [0, 0.1) is 35.8 Å². The SMILES string of the molecule is [C-]#[N+]/C(C#N)=c1/cc(OCc2ccccc2)/c(=C(\C#N)[N+]#[C-])cc1OCc1ccccc1. The van der Waals surface area contributed by atoms with Crippen LogP contribution in [0.5, 0.6) is 11.5 Å². The van der Waals surface area contributed by atoms with Crippen molar-refractivity contribution in [1.29, 1.82) is 10.5 Å². The number of ether oxygens (including phenoxy) is 2. The van der Waals surface area contributed by atoms with Gasteiger partial charge in [0.15, 0.2) is 0 Å². The molecule has 0 aliphatic carbocycles. The van der Waals surface area contributed by atoms with E-state index in [1.807, 2.05) is 72.8 Å². The van der Waals surface area contributed by atoms with E-state index in [1.165, 1.54) is 12.1 Å². The quantitative estimate of drug-likeness (QED) is 0.571. The van der Waals surface area contributed by atoms with Crippen LogP contribution < -0.4 is 19.9 Å². The lowest BCUT2D eigenvalue weighted by molar-refractivity contribution is 0.293. The molecule has 0 bridgehead atoms. The minimum atomic E-state index is -0.175. The van der Waals surface area contributed by atoms with E-state index in [4.69, 9.17) is 22.6 Å². The molecule has 3 aromatic rings. The van der Waals surface area contributed by atoms with Crippen LogP contribution in [0.3, 0.4) is 0 Å². The third kappa shape index (κ3) is 5.11. The molecule has 32 heavy (non-hydrogen) atoms. The van der Waals surface area contributed by atoms with Crippen molar-refractivity contribution in [3.8, 4) is 23.6 Å². The van der Waals surface area contributed by atoms with E-state index in [0.717, 1.165) is 11.1 Å². The summed E-state index contributed by atoms with van der Waals surface area (Å²) in [6.07, 6.45) is 0. The molecule has 0 amide bonds. The smallest absolute Gasteiger partial charge is 0.272 e. The Bertz CT molecular complexity index is 1260. The first-order valence-corrected chi connectivity index (χ1v) is 9.51. The molecule has 6 heteroatoms. The molecule has 0 saturated heterocycles. The van der Waals surface area contributed by atoms with Gasteiger partial charge >= 0.3 is 0 Å². The standard InChI is InChI=1S/C26H16N4O2/c1-29-23(15-27)21-13-26(32-18-20-11-7-4-8-12-20)22(24(16-28)30-2)14-25(21)31-17-19-9-5-3-6-10-19/h3-14H,17-18H2/b23-21-,24-22+. The number of hydrogen-bond donors (Lipinski definition) is 0. The van der Waals surface area contributed by atoms with Crippen LogP contribution >= 0.6 is 0 Å². The summed E-state index contributed by atoms with van der Waals surface area (Å²) >= 11 is 0. The van der Waals surface area contributed by atoms with Gasteiger partial charge in [-0.3, -0.25) is 0 Å². The number of rotatable bonds is 6. The van der Waals surface area contributed by atoms with Gasteiger partial charge in [-0.2, -0.15) is 0 Å². The summed E-state index contributed by atoms with van der Waals surface area (Å²) in [6.45, 7) is 15.1. The van der Waals surface area contributed by atoms with Gasteiger partial charge in [0.25, 0.3) is 11.4 Å². The van der Waals surface area contributed by atoms with E-state index < -0.39 is 0 Å². The van der Waals surface area contributed by atoms with Crippen molar-refractivity contribution in [3.63, 3.8) is 0 Å². The minimum Gasteiger partial charge on any atom is -0.490 e. The average Bonchev–Trinajstić information content (AvgIpc) is 2.85. The second-order valence-electron chi connectivity index (χ2n) is 6.54. The molecule has 0 aromatic heterocycles. The topological polar surface area (TPSA) is 74.8 Å². The highest BCUT2D eigenvalue weighted by atomic mass is 16.5. The predicted octanol–water partition coefficient (Wildman–Crippen LogP) is 3.95. The molecule has 0 N–H and O–H groups in total. The highest BCUT2D eigenvalue weighted by Crippen LogP contribution is 2.15. The maximum absolute atomic E-state index is 9.46. The monoisotopic (exact) mass is 416 g/mol. The zero-order valence-corrected chi connectivity index (χ0v) is 16.9. The second kappa shape index (κ2) is 10.7. The van der Waals surface area contributed by atoms with Crippen LogP contribution in [-0.2, 0) is 13.2 Å². The van der Waals surface area contributed by atoms with Crippen molar-refractivity contribution in [3.05, 3.63) is 117 Å². The average molecular weight is 416 g/mol. The van der Waals surface area contributed by atoms with Gasteiger partial charge in [0.2, 0.25) is 0 Å². The Labute approximate surface area is 185 Å². The molecule has 0 radical (unpaired) electrons. The second-order valence-corrected chi connectivity index (χ2v) is 6.54. The Kier molecular flexibility index (Phi) is 7.21. The first kappa shape index (κ1) is 21.7. The molecule has 0 heterocycles. The van der Waals surface area contributed by atoms with Crippen molar-refractivity contribution in [2.45, 2.75) is 13.2 Å². The lowest BCUT2D eigenvalue weighted by Crippen LogP contribution is -2.19. The molecule has 0 saturated carbocycles. The molecular formula is C26H16N4O2. The molecular weight excluding hydrogens is 400 g/mol. The van der Waals surface area contributed by atoms with Crippen LogP contribution in [0.4, 0.5) is 0 Å². The van der Waals surface area contributed by atoms with Crippen LogP contribution in [0.2, 0.25) is 0 Å². The van der Waals surface area contributed by atoms with Crippen molar-refractivity contribution in [2.75, 3.05) is 0 Å². The zero-order chi connectivity index (χ0) is 22.8. The predicted molar refractivity (Wildman–Crippen MR) is 118 cm³/mol. The van der Waals surface area contributed by atoms with E-state index in [1.54, 1.807) is 0 Å². The molecule has 0 atom stereocenters. The fourth-order valence-corrected chi connectivity index (χ4v) is 2.93. The molecule has 3 rings (SSSR count). The molecule has 0 aliphatic rings. The lowest BCUT2D eigenvalue weighted by Gasteiger charge is -2.12. The third-order valence-electron chi connectivity index (χ3n) is 4.50. The van der Waals surface area contributed by atoms with Gasteiger partial charge in [-0.25, -0.2) is 20.2 Å². The molecule has 3 aromatic carbocycles. The molecule has 0 unspecified atom stereocenters. The van der Waals surface area contributed by atoms with Gasteiger partial charge in [-0.05, 0) is 23.3 Å². The number of nitriles is 2. The number of hydrogen-bond acceptors (Lipinski definition) is 4. The number of nitrogens with zero attached hydrogens (tertiary/aromatic N) is 4. The maximum Gasteiger partial charge on any atom is 0.272 e. The van der Waals surface area contributed by atoms with E-state index in [0.29, 0.717) is 0 Å². The summed E-state index contributed by atoms with van der Waals surface area (Å²) < 4.78 is 11.8. The molecule has 152 valence electrons. The number of benzene rings is 3. The Morgan fingerprint density at radius 2 is 1.06 bits per heavy atom. The Morgan fingerprint density at radius 1 is 0.688 bits per heavy atom. The normalized spacial score (nSPS) is 11.6. The lowest BCUT2D eigenvalue weighted by atomic mass is 10.1. The van der Waals surface area contributed by atoms with Crippen molar-refractivity contribution in [2.24, 2.45) is 0 Å².